The largest absolute Gasteiger partial charge is 0.309 e. The molecule has 2 rings (SSSR count). The van der Waals surface area contributed by atoms with E-state index in [2.05, 4.69) is 27.8 Å². The van der Waals surface area contributed by atoms with Crippen LogP contribution < -0.4 is 5.32 Å². The molecule has 0 saturated heterocycles. The summed E-state index contributed by atoms with van der Waals surface area (Å²) in [5.41, 5.74) is 1.10. The van der Waals surface area contributed by atoms with Crippen molar-refractivity contribution in [3.63, 3.8) is 0 Å². The number of fused-ring (bicyclic) bond motifs is 1. The van der Waals surface area contributed by atoms with Crippen LogP contribution in [0.15, 0.2) is 17.8 Å². The van der Waals surface area contributed by atoms with Gasteiger partial charge in [0.2, 0.25) is 0 Å². The first kappa shape index (κ1) is 11.9. The van der Waals surface area contributed by atoms with E-state index in [1.54, 1.807) is 11.3 Å². The molecular weight excluding hydrogens is 242 g/mol. The monoisotopic (exact) mass is 257 g/mol. The predicted octanol–water partition coefficient (Wildman–Crippen LogP) is 2.89. The van der Waals surface area contributed by atoms with Crippen molar-refractivity contribution >= 4 is 27.9 Å². The van der Waals surface area contributed by atoms with Crippen LogP contribution in [-0.2, 0) is 6.54 Å². The van der Waals surface area contributed by atoms with Gasteiger partial charge in [0.1, 0.15) is 0 Å². The maximum Gasteiger partial charge on any atom is 0.193 e. The number of nitrogens with zero attached hydrogens (tertiary/aromatic N) is 2. The maximum atomic E-state index is 5.66. The lowest BCUT2D eigenvalue weighted by molar-refractivity contribution is 0.506. The minimum Gasteiger partial charge on any atom is -0.309 e. The lowest BCUT2D eigenvalue weighted by Gasteiger charge is -2.11. The molecule has 0 amide bonds. The van der Waals surface area contributed by atoms with Crippen molar-refractivity contribution in [1.29, 1.82) is 0 Å². The highest BCUT2D eigenvalue weighted by Gasteiger charge is 2.04. The van der Waals surface area contributed by atoms with E-state index in [4.69, 9.17) is 11.6 Å². The molecule has 0 aliphatic carbocycles. The minimum atomic E-state index is 0.499. The van der Waals surface area contributed by atoms with Crippen LogP contribution in [0.2, 0.25) is 0 Å². The highest BCUT2D eigenvalue weighted by molar-refractivity contribution is 7.15. The molecule has 0 aliphatic heterocycles. The normalized spacial score (nSPS) is 13.4. The molecule has 1 atom stereocenters. The lowest BCUT2D eigenvalue weighted by Crippen LogP contribution is -2.25. The van der Waals surface area contributed by atoms with E-state index >= 15 is 0 Å². The van der Waals surface area contributed by atoms with Gasteiger partial charge in [0.05, 0.1) is 5.69 Å². The standard InChI is InChI=1S/C11H16ClN3S/c1-9(3-2-4-12)13-7-10-8-15-5-6-16-11(15)14-10/h5-6,8-9,13H,2-4,7H2,1H3. The molecule has 0 aliphatic rings. The van der Waals surface area contributed by atoms with Gasteiger partial charge < -0.3 is 5.32 Å². The zero-order valence-electron chi connectivity index (χ0n) is 9.32. The second-order valence-electron chi connectivity index (χ2n) is 3.94. The van der Waals surface area contributed by atoms with Gasteiger partial charge in [-0.1, -0.05) is 0 Å². The third-order valence-corrected chi connectivity index (χ3v) is 3.58. The first-order valence-electron chi connectivity index (χ1n) is 5.50. The van der Waals surface area contributed by atoms with E-state index in [0.29, 0.717) is 6.04 Å². The fourth-order valence-corrected chi connectivity index (χ4v) is 2.50. The number of alkyl halides is 1. The number of halogens is 1. The number of hydrogen-bond acceptors (Lipinski definition) is 3. The zero-order chi connectivity index (χ0) is 11.4. The first-order chi connectivity index (χ1) is 7.79. The molecule has 16 heavy (non-hydrogen) atoms. The molecule has 0 spiro atoms. The number of imidazole rings is 1. The molecule has 2 aromatic heterocycles. The van der Waals surface area contributed by atoms with Crippen molar-refractivity contribution in [2.24, 2.45) is 0 Å². The highest BCUT2D eigenvalue weighted by Crippen LogP contribution is 2.11. The average Bonchev–Trinajstić information content (AvgIpc) is 2.83. The summed E-state index contributed by atoms with van der Waals surface area (Å²) >= 11 is 7.32. The number of rotatable bonds is 6. The molecule has 3 nitrogen and oxygen atoms in total. The third-order valence-electron chi connectivity index (χ3n) is 2.55. The Morgan fingerprint density at radius 3 is 3.25 bits per heavy atom. The lowest BCUT2D eigenvalue weighted by atomic mass is 10.2. The molecule has 0 aromatic carbocycles. The Kier molecular flexibility index (Phi) is 4.21. The summed E-state index contributed by atoms with van der Waals surface area (Å²) in [6.45, 7) is 3.02. The Bertz CT molecular complexity index is 409. The van der Waals surface area contributed by atoms with Gasteiger partial charge in [-0.3, -0.25) is 4.40 Å². The second kappa shape index (κ2) is 5.66. The smallest absolute Gasteiger partial charge is 0.193 e. The van der Waals surface area contributed by atoms with Crippen LogP contribution >= 0.6 is 22.9 Å². The summed E-state index contributed by atoms with van der Waals surface area (Å²) in [6.07, 6.45) is 6.29. The number of hydrogen-bond donors (Lipinski definition) is 1. The van der Waals surface area contributed by atoms with Gasteiger partial charge in [0, 0.05) is 36.2 Å². The quantitative estimate of drug-likeness (QED) is 0.807. The van der Waals surface area contributed by atoms with Gasteiger partial charge in [0.25, 0.3) is 0 Å². The second-order valence-corrected chi connectivity index (χ2v) is 5.19. The molecule has 2 aromatic rings. The maximum absolute atomic E-state index is 5.66. The average molecular weight is 258 g/mol. The van der Waals surface area contributed by atoms with E-state index in [0.717, 1.165) is 35.9 Å². The molecule has 0 fully saturated rings. The molecule has 5 heteroatoms. The van der Waals surface area contributed by atoms with Crippen LogP contribution in [0.25, 0.3) is 4.96 Å². The summed E-state index contributed by atoms with van der Waals surface area (Å²) in [7, 11) is 0. The van der Waals surface area contributed by atoms with Crippen molar-refractivity contribution in [3.05, 3.63) is 23.5 Å². The van der Waals surface area contributed by atoms with E-state index in [9.17, 15) is 0 Å². The van der Waals surface area contributed by atoms with Gasteiger partial charge in [-0.15, -0.1) is 22.9 Å². The SMILES string of the molecule is CC(CCCCl)NCc1cn2ccsc2n1. The van der Waals surface area contributed by atoms with Crippen molar-refractivity contribution < 1.29 is 0 Å². The molecule has 2 heterocycles. The van der Waals surface area contributed by atoms with Crippen molar-refractivity contribution in [2.75, 3.05) is 5.88 Å². The molecule has 88 valence electrons. The van der Waals surface area contributed by atoms with Crippen LogP contribution in [0.4, 0.5) is 0 Å². The number of nitrogens with one attached hydrogen (secondary N) is 1. The summed E-state index contributed by atoms with van der Waals surface area (Å²) < 4.78 is 2.06. The minimum absolute atomic E-state index is 0.499. The van der Waals surface area contributed by atoms with Crippen LogP contribution in [0.5, 0.6) is 0 Å². The van der Waals surface area contributed by atoms with Crippen LogP contribution in [-0.4, -0.2) is 21.3 Å². The van der Waals surface area contributed by atoms with Crippen molar-refractivity contribution in [2.45, 2.75) is 32.4 Å². The van der Waals surface area contributed by atoms with Crippen LogP contribution in [0, 0.1) is 0 Å². The van der Waals surface area contributed by atoms with Gasteiger partial charge in [-0.2, -0.15) is 0 Å². The molecular formula is C11H16ClN3S. The topological polar surface area (TPSA) is 29.3 Å². The van der Waals surface area contributed by atoms with E-state index in [1.807, 2.05) is 11.6 Å². The molecule has 0 saturated carbocycles. The van der Waals surface area contributed by atoms with E-state index < -0.39 is 0 Å². The van der Waals surface area contributed by atoms with Crippen molar-refractivity contribution in [1.82, 2.24) is 14.7 Å². The number of thiazole rings is 1. The van der Waals surface area contributed by atoms with Gasteiger partial charge >= 0.3 is 0 Å². The summed E-state index contributed by atoms with van der Waals surface area (Å²) in [6, 6.07) is 0.499. The Morgan fingerprint density at radius 2 is 2.50 bits per heavy atom. The Hall–Kier alpha value is -0.580. The predicted molar refractivity (Wildman–Crippen MR) is 69.3 cm³/mol. The highest BCUT2D eigenvalue weighted by atomic mass is 35.5. The van der Waals surface area contributed by atoms with Gasteiger partial charge in [-0.05, 0) is 19.8 Å². The Balaban J connectivity index is 1.83. The first-order valence-corrected chi connectivity index (χ1v) is 6.91. The molecule has 1 unspecified atom stereocenters. The zero-order valence-corrected chi connectivity index (χ0v) is 10.9. The van der Waals surface area contributed by atoms with Crippen LogP contribution in [0.1, 0.15) is 25.5 Å². The Labute approximate surface area is 104 Å². The van der Waals surface area contributed by atoms with E-state index in [-0.39, 0.29) is 0 Å². The van der Waals surface area contributed by atoms with Crippen molar-refractivity contribution in [3.8, 4) is 0 Å². The third kappa shape index (κ3) is 2.97. The fourth-order valence-electron chi connectivity index (χ4n) is 1.63. The van der Waals surface area contributed by atoms with Gasteiger partial charge in [0.15, 0.2) is 4.96 Å². The van der Waals surface area contributed by atoms with Gasteiger partial charge in [-0.25, -0.2) is 4.98 Å². The fraction of sp³-hybridized carbons (Fsp3) is 0.545. The van der Waals surface area contributed by atoms with E-state index in [1.165, 1.54) is 0 Å². The molecule has 0 bridgehead atoms. The molecule has 0 radical (unpaired) electrons. The van der Waals surface area contributed by atoms with Crippen LogP contribution in [0.3, 0.4) is 0 Å². The summed E-state index contributed by atoms with van der Waals surface area (Å²) in [5.74, 6) is 0.742. The summed E-state index contributed by atoms with van der Waals surface area (Å²) in [5, 5.41) is 5.50. The molecule has 1 N–H and O–H groups in total. The number of aromatic nitrogens is 2. The summed E-state index contributed by atoms with van der Waals surface area (Å²) in [4.78, 5) is 5.58. The Morgan fingerprint density at radius 1 is 1.62 bits per heavy atom.